The summed E-state index contributed by atoms with van der Waals surface area (Å²) in [6.07, 6.45) is 3.18. The predicted molar refractivity (Wildman–Crippen MR) is 50.7 cm³/mol. The second-order valence-corrected chi connectivity index (χ2v) is 2.89. The van der Waals surface area contributed by atoms with Crippen LogP contribution >= 0.6 is 0 Å². The minimum absolute atomic E-state index is 0.00301. The van der Waals surface area contributed by atoms with Gasteiger partial charge in [0.1, 0.15) is 0 Å². The fourth-order valence-electron chi connectivity index (χ4n) is 1.01. The molecular weight excluding hydrogens is 152 g/mol. The third-order valence-corrected chi connectivity index (χ3v) is 1.67. The third-order valence-electron chi connectivity index (χ3n) is 1.67. The van der Waals surface area contributed by atoms with Gasteiger partial charge in [0.2, 0.25) is 5.91 Å². The average Bonchev–Trinajstić information content (AvgIpc) is 2.04. The Balaban J connectivity index is 3.90. The van der Waals surface area contributed by atoms with Crippen LogP contribution in [0, 0.1) is 0 Å². The first kappa shape index (κ1) is 11.2. The Morgan fingerprint density at radius 2 is 2.33 bits per heavy atom. The molecule has 0 aliphatic rings. The number of nitrogens with zero attached hydrogens (tertiary/aromatic N) is 1. The van der Waals surface area contributed by atoms with Crippen molar-refractivity contribution in [3.05, 3.63) is 12.7 Å². The van der Waals surface area contributed by atoms with Crippen molar-refractivity contribution in [3.63, 3.8) is 0 Å². The number of hydrogen-bond donors (Lipinski definition) is 1. The second-order valence-electron chi connectivity index (χ2n) is 2.89. The Morgan fingerprint density at radius 1 is 1.75 bits per heavy atom. The Kier molecular flexibility index (Phi) is 5.37. The van der Waals surface area contributed by atoms with Gasteiger partial charge in [-0.25, -0.2) is 0 Å². The van der Waals surface area contributed by atoms with Crippen molar-refractivity contribution in [2.75, 3.05) is 13.6 Å². The molecule has 1 amide bonds. The van der Waals surface area contributed by atoms with E-state index in [1.807, 2.05) is 6.92 Å². The van der Waals surface area contributed by atoms with E-state index in [1.54, 1.807) is 18.0 Å². The van der Waals surface area contributed by atoms with E-state index in [-0.39, 0.29) is 5.91 Å². The van der Waals surface area contributed by atoms with E-state index in [2.05, 4.69) is 6.58 Å². The summed E-state index contributed by atoms with van der Waals surface area (Å²) in [5.41, 5.74) is 5.60. The van der Waals surface area contributed by atoms with Gasteiger partial charge in [0, 0.05) is 13.6 Å². The maximum atomic E-state index is 11.4. The van der Waals surface area contributed by atoms with E-state index in [9.17, 15) is 4.79 Å². The van der Waals surface area contributed by atoms with Gasteiger partial charge in [-0.2, -0.15) is 0 Å². The lowest BCUT2D eigenvalue weighted by molar-refractivity contribution is -0.131. The minimum Gasteiger partial charge on any atom is -0.344 e. The van der Waals surface area contributed by atoms with Crippen LogP contribution in [0.4, 0.5) is 0 Å². The summed E-state index contributed by atoms with van der Waals surface area (Å²) in [5.74, 6) is -0.00301. The van der Waals surface area contributed by atoms with E-state index < -0.39 is 6.04 Å². The molecule has 0 heterocycles. The molecule has 0 aromatic heterocycles. The summed E-state index contributed by atoms with van der Waals surface area (Å²) in [7, 11) is 1.77. The molecule has 0 aromatic carbocycles. The van der Waals surface area contributed by atoms with Crippen molar-refractivity contribution in [2.24, 2.45) is 5.73 Å². The molecular formula is C9H18N2O. The van der Waals surface area contributed by atoms with E-state index in [0.29, 0.717) is 6.42 Å². The highest BCUT2D eigenvalue weighted by Gasteiger charge is 2.15. The highest BCUT2D eigenvalue weighted by molar-refractivity contribution is 5.81. The number of likely N-dealkylation sites (N-methyl/N-ethyl adjacent to an activating group) is 1. The maximum absolute atomic E-state index is 11.4. The average molecular weight is 170 g/mol. The van der Waals surface area contributed by atoms with Gasteiger partial charge >= 0.3 is 0 Å². The summed E-state index contributed by atoms with van der Waals surface area (Å²) < 4.78 is 0. The Hall–Kier alpha value is -0.830. The summed E-state index contributed by atoms with van der Waals surface area (Å²) in [6, 6.07) is -0.418. The zero-order valence-corrected chi connectivity index (χ0v) is 7.92. The topological polar surface area (TPSA) is 46.3 Å². The number of rotatable bonds is 5. The van der Waals surface area contributed by atoms with Gasteiger partial charge in [0.25, 0.3) is 0 Å². The maximum Gasteiger partial charge on any atom is 0.239 e. The number of carbonyl (C=O) groups is 1. The van der Waals surface area contributed by atoms with Gasteiger partial charge in [0.15, 0.2) is 0 Å². The number of hydrogen-bond acceptors (Lipinski definition) is 2. The van der Waals surface area contributed by atoms with Crippen LogP contribution in [-0.2, 0) is 4.79 Å². The van der Waals surface area contributed by atoms with Gasteiger partial charge in [-0.05, 0) is 12.8 Å². The van der Waals surface area contributed by atoms with E-state index >= 15 is 0 Å². The first-order valence-corrected chi connectivity index (χ1v) is 4.25. The van der Waals surface area contributed by atoms with E-state index in [4.69, 9.17) is 5.73 Å². The molecule has 0 fully saturated rings. The van der Waals surface area contributed by atoms with Crippen molar-refractivity contribution >= 4 is 5.91 Å². The fourth-order valence-corrected chi connectivity index (χ4v) is 1.01. The molecule has 0 aromatic rings. The first-order chi connectivity index (χ1) is 5.63. The fraction of sp³-hybridized carbons (Fsp3) is 0.667. The van der Waals surface area contributed by atoms with Crippen molar-refractivity contribution < 1.29 is 4.79 Å². The lowest BCUT2D eigenvalue weighted by Gasteiger charge is -2.19. The van der Waals surface area contributed by atoms with Crippen LogP contribution in [0.15, 0.2) is 12.7 Å². The number of nitrogens with two attached hydrogens (primary N) is 1. The van der Waals surface area contributed by atoms with Crippen LogP contribution in [-0.4, -0.2) is 30.4 Å². The SMILES string of the molecule is C=CCC(N)C(=O)N(C)CCC. The van der Waals surface area contributed by atoms with Crippen LogP contribution < -0.4 is 5.73 Å². The van der Waals surface area contributed by atoms with Crippen molar-refractivity contribution in [1.29, 1.82) is 0 Å². The summed E-state index contributed by atoms with van der Waals surface area (Å²) in [4.78, 5) is 13.0. The molecule has 0 aliphatic carbocycles. The van der Waals surface area contributed by atoms with Gasteiger partial charge in [-0.1, -0.05) is 13.0 Å². The molecule has 0 bridgehead atoms. The molecule has 0 aliphatic heterocycles. The van der Waals surface area contributed by atoms with Crippen molar-refractivity contribution in [3.8, 4) is 0 Å². The molecule has 3 nitrogen and oxygen atoms in total. The molecule has 70 valence electrons. The molecule has 0 rings (SSSR count). The van der Waals surface area contributed by atoms with Gasteiger partial charge in [-0.3, -0.25) is 4.79 Å². The Bertz CT molecular complexity index is 157. The van der Waals surface area contributed by atoms with Crippen LogP contribution in [0.3, 0.4) is 0 Å². The standard InChI is InChI=1S/C9H18N2O/c1-4-6-8(10)9(12)11(3)7-5-2/h4,8H,1,5-7,10H2,2-3H3. The highest BCUT2D eigenvalue weighted by atomic mass is 16.2. The molecule has 0 saturated heterocycles. The molecule has 12 heavy (non-hydrogen) atoms. The smallest absolute Gasteiger partial charge is 0.239 e. The summed E-state index contributed by atoms with van der Waals surface area (Å²) in [5, 5.41) is 0. The van der Waals surface area contributed by atoms with Gasteiger partial charge < -0.3 is 10.6 Å². The van der Waals surface area contributed by atoms with E-state index in [0.717, 1.165) is 13.0 Å². The summed E-state index contributed by atoms with van der Waals surface area (Å²) >= 11 is 0. The molecule has 2 N–H and O–H groups in total. The van der Waals surface area contributed by atoms with Crippen molar-refractivity contribution in [2.45, 2.75) is 25.8 Å². The molecule has 1 unspecified atom stereocenters. The van der Waals surface area contributed by atoms with Gasteiger partial charge in [-0.15, -0.1) is 6.58 Å². The van der Waals surface area contributed by atoms with Crippen molar-refractivity contribution in [1.82, 2.24) is 4.90 Å². The zero-order chi connectivity index (χ0) is 9.56. The van der Waals surface area contributed by atoms with Crippen LogP contribution in [0.5, 0.6) is 0 Å². The first-order valence-electron chi connectivity index (χ1n) is 4.25. The molecule has 0 radical (unpaired) electrons. The quantitative estimate of drug-likeness (QED) is 0.619. The lowest BCUT2D eigenvalue weighted by Crippen LogP contribution is -2.41. The molecule has 0 spiro atoms. The summed E-state index contributed by atoms with van der Waals surface area (Å²) in [6.45, 7) is 6.34. The Labute approximate surface area is 74.2 Å². The molecule has 3 heteroatoms. The molecule has 1 atom stereocenters. The lowest BCUT2D eigenvalue weighted by atomic mass is 10.2. The number of carbonyl (C=O) groups excluding carboxylic acids is 1. The third kappa shape index (κ3) is 3.53. The highest BCUT2D eigenvalue weighted by Crippen LogP contribution is 1.96. The largest absolute Gasteiger partial charge is 0.344 e. The minimum atomic E-state index is -0.418. The zero-order valence-electron chi connectivity index (χ0n) is 7.92. The molecule has 0 saturated carbocycles. The van der Waals surface area contributed by atoms with Crippen LogP contribution in [0.25, 0.3) is 0 Å². The number of amides is 1. The van der Waals surface area contributed by atoms with Crippen LogP contribution in [0.1, 0.15) is 19.8 Å². The Morgan fingerprint density at radius 3 is 2.75 bits per heavy atom. The monoisotopic (exact) mass is 170 g/mol. The predicted octanol–water partition coefficient (Wildman–Crippen LogP) is 0.758. The second kappa shape index (κ2) is 5.77. The van der Waals surface area contributed by atoms with Gasteiger partial charge in [0.05, 0.1) is 6.04 Å². The van der Waals surface area contributed by atoms with Crippen LogP contribution in [0.2, 0.25) is 0 Å². The van der Waals surface area contributed by atoms with E-state index in [1.165, 1.54) is 0 Å². The normalized spacial score (nSPS) is 12.2.